The van der Waals surface area contributed by atoms with Gasteiger partial charge in [0.25, 0.3) is 5.56 Å². The van der Waals surface area contributed by atoms with Crippen molar-refractivity contribution in [1.29, 1.82) is 0 Å². The fourth-order valence-corrected chi connectivity index (χ4v) is 5.01. The molecule has 7 nitrogen and oxygen atoms in total. The van der Waals surface area contributed by atoms with Gasteiger partial charge in [-0.2, -0.15) is 0 Å². The van der Waals surface area contributed by atoms with Crippen LogP contribution >= 0.6 is 0 Å². The van der Waals surface area contributed by atoms with Crippen molar-refractivity contribution < 1.29 is 4.79 Å². The van der Waals surface area contributed by atoms with E-state index in [0.29, 0.717) is 31.2 Å². The molecule has 2 aromatic heterocycles. The van der Waals surface area contributed by atoms with E-state index in [1.54, 1.807) is 4.52 Å². The molecule has 1 amide bonds. The van der Waals surface area contributed by atoms with Gasteiger partial charge >= 0.3 is 0 Å². The molecule has 2 aliphatic rings. The Morgan fingerprint density at radius 2 is 2.03 bits per heavy atom. The van der Waals surface area contributed by atoms with Crippen LogP contribution in [-0.4, -0.2) is 56.0 Å². The predicted octanol–water partition coefficient (Wildman–Crippen LogP) is 2.74. The SMILES string of the molecule is CC(C)N1CCc2nc3cc([C@H]4CCCN(C(=O)Cc5ccccc5)C4)[nH]n3c(=O)c2C1. The van der Waals surface area contributed by atoms with E-state index in [2.05, 4.69) is 23.8 Å². The number of aromatic amines is 1. The predicted molar refractivity (Wildman–Crippen MR) is 124 cm³/mol. The molecule has 0 radical (unpaired) electrons. The summed E-state index contributed by atoms with van der Waals surface area (Å²) in [5, 5.41) is 3.32. The van der Waals surface area contributed by atoms with Gasteiger partial charge in [0.15, 0.2) is 5.65 Å². The van der Waals surface area contributed by atoms with Gasteiger partial charge < -0.3 is 4.90 Å². The first-order valence-electron chi connectivity index (χ1n) is 11.7. The van der Waals surface area contributed by atoms with Crippen LogP contribution in [0.3, 0.4) is 0 Å². The molecule has 1 fully saturated rings. The van der Waals surface area contributed by atoms with E-state index in [0.717, 1.165) is 54.9 Å². The Morgan fingerprint density at radius 3 is 2.81 bits per heavy atom. The molecule has 0 aliphatic carbocycles. The molecule has 1 atom stereocenters. The average Bonchev–Trinajstić information content (AvgIpc) is 3.24. The van der Waals surface area contributed by atoms with E-state index < -0.39 is 0 Å². The Hall–Kier alpha value is -2.93. The summed E-state index contributed by atoms with van der Waals surface area (Å²) >= 11 is 0. The molecule has 0 unspecified atom stereocenters. The quantitative estimate of drug-likeness (QED) is 0.687. The van der Waals surface area contributed by atoms with Crippen molar-refractivity contribution in [3.8, 4) is 0 Å². The summed E-state index contributed by atoms with van der Waals surface area (Å²) < 4.78 is 1.60. The lowest BCUT2D eigenvalue weighted by atomic mass is 9.94. The molecule has 0 spiro atoms. The Bertz CT molecular complexity index is 1180. The molecular weight excluding hydrogens is 402 g/mol. The molecule has 1 saturated heterocycles. The second kappa shape index (κ2) is 8.54. The number of likely N-dealkylation sites (tertiary alicyclic amines) is 1. The highest BCUT2D eigenvalue weighted by atomic mass is 16.2. The number of carbonyl (C=O) groups excluding carboxylic acids is 1. The standard InChI is InChI=1S/C25H31N5O2/c1-17(2)28-12-10-21-20(16-28)25(32)30-23(26-21)14-22(27-30)19-9-6-11-29(15-19)24(31)13-18-7-4-3-5-8-18/h3-5,7-8,14,17,19,27H,6,9-13,15-16H2,1-2H3/t19-/m0/s1. The fourth-order valence-electron chi connectivity index (χ4n) is 5.01. The molecule has 4 heterocycles. The van der Waals surface area contributed by atoms with Gasteiger partial charge in [-0.25, -0.2) is 9.50 Å². The smallest absolute Gasteiger partial charge is 0.277 e. The van der Waals surface area contributed by atoms with Crippen LogP contribution in [-0.2, 0) is 24.2 Å². The summed E-state index contributed by atoms with van der Waals surface area (Å²) in [6.45, 7) is 7.38. The maximum absolute atomic E-state index is 13.2. The molecule has 1 N–H and O–H groups in total. The Labute approximate surface area is 188 Å². The van der Waals surface area contributed by atoms with E-state index in [1.807, 2.05) is 41.3 Å². The number of amides is 1. The maximum Gasteiger partial charge on any atom is 0.277 e. The zero-order valence-electron chi connectivity index (χ0n) is 18.9. The van der Waals surface area contributed by atoms with Crippen molar-refractivity contribution in [2.24, 2.45) is 0 Å². The first kappa shape index (κ1) is 20.9. The minimum atomic E-state index is 0.00872. The number of rotatable bonds is 4. The number of nitrogens with zero attached hydrogens (tertiary/aromatic N) is 4. The van der Waals surface area contributed by atoms with Crippen molar-refractivity contribution in [3.63, 3.8) is 0 Å². The first-order chi connectivity index (χ1) is 15.5. The minimum Gasteiger partial charge on any atom is -0.342 e. The van der Waals surface area contributed by atoms with Crippen molar-refractivity contribution in [1.82, 2.24) is 24.4 Å². The first-order valence-corrected chi connectivity index (χ1v) is 11.7. The van der Waals surface area contributed by atoms with Crippen LogP contribution in [0.5, 0.6) is 0 Å². The molecule has 0 saturated carbocycles. The molecule has 168 valence electrons. The van der Waals surface area contributed by atoms with Crippen LogP contribution in [0.2, 0.25) is 0 Å². The largest absolute Gasteiger partial charge is 0.342 e. The van der Waals surface area contributed by atoms with Gasteiger partial charge in [-0.3, -0.25) is 19.6 Å². The van der Waals surface area contributed by atoms with E-state index in [-0.39, 0.29) is 17.4 Å². The zero-order chi connectivity index (χ0) is 22.2. The van der Waals surface area contributed by atoms with Gasteiger partial charge in [-0.05, 0) is 32.3 Å². The average molecular weight is 434 g/mol. The number of nitrogens with one attached hydrogen (secondary N) is 1. The summed E-state index contributed by atoms with van der Waals surface area (Å²) in [4.78, 5) is 35.2. The van der Waals surface area contributed by atoms with E-state index in [4.69, 9.17) is 4.98 Å². The molecule has 1 aromatic carbocycles. The molecule has 32 heavy (non-hydrogen) atoms. The van der Waals surface area contributed by atoms with Crippen molar-refractivity contribution in [2.45, 2.75) is 58.0 Å². The Kier molecular flexibility index (Phi) is 5.59. The van der Waals surface area contributed by atoms with Crippen LogP contribution in [0.1, 0.15) is 55.1 Å². The number of carbonyl (C=O) groups is 1. The van der Waals surface area contributed by atoms with Crippen molar-refractivity contribution in [2.75, 3.05) is 19.6 Å². The van der Waals surface area contributed by atoms with Gasteiger partial charge in [-0.1, -0.05) is 30.3 Å². The van der Waals surface area contributed by atoms with Crippen LogP contribution in [0, 0.1) is 0 Å². The fraction of sp³-hybridized carbons (Fsp3) is 0.480. The van der Waals surface area contributed by atoms with Gasteiger partial charge in [0.1, 0.15) is 0 Å². The third-order valence-electron chi connectivity index (χ3n) is 6.95. The topological polar surface area (TPSA) is 73.7 Å². The normalized spacial score (nSPS) is 19.5. The second-order valence-corrected chi connectivity index (χ2v) is 9.40. The lowest BCUT2D eigenvalue weighted by Crippen LogP contribution is -2.40. The van der Waals surface area contributed by atoms with Crippen LogP contribution in [0.4, 0.5) is 0 Å². The number of piperidine rings is 1. The van der Waals surface area contributed by atoms with Gasteiger partial charge in [0.2, 0.25) is 5.91 Å². The minimum absolute atomic E-state index is 0.00872. The number of hydrogen-bond donors (Lipinski definition) is 1. The summed E-state index contributed by atoms with van der Waals surface area (Å²) in [7, 11) is 0. The van der Waals surface area contributed by atoms with Crippen LogP contribution in [0.15, 0.2) is 41.2 Å². The molecule has 0 bridgehead atoms. The number of fused-ring (bicyclic) bond motifs is 2. The van der Waals surface area contributed by atoms with E-state index >= 15 is 0 Å². The van der Waals surface area contributed by atoms with Crippen molar-refractivity contribution >= 4 is 11.6 Å². The van der Waals surface area contributed by atoms with Crippen LogP contribution < -0.4 is 5.56 Å². The summed E-state index contributed by atoms with van der Waals surface area (Å²) in [5.41, 5.74) is 4.47. The summed E-state index contributed by atoms with van der Waals surface area (Å²) in [6, 6.07) is 12.3. The van der Waals surface area contributed by atoms with Gasteiger partial charge in [0, 0.05) is 56.3 Å². The number of aromatic nitrogens is 3. The Balaban J connectivity index is 1.37. The highest BCUT2D eigenvalue weighted by molar-refractivity contribution is 5.79. The van der Waals surface area contributed by atoms with Crippen LogP contribution in [0.25, 0.3) is 5.65 Å². The molecule has 3 aromatic rings. The van der Waals surface area contributed by atoms with Gasteiger partial charge in [0.05, 0.1) is 17.7 Å². The summed E-state index contributed by atoms with van der Waals surface area (Å²) in [6.07, 6.45) is 3.20. The van der Waals surface area contributed by atoms with E-state index in [9.17, 15) is 9.59 Å². The Morgan fingerprint density at radius 1 is 1.22 bits per heavy atom. The van der Waals surface area contributed by atoms with Gasteiger partial charge in [-0.15, -0.1) is 0 Å². The lowest BCUT2D eigenvalue weighted by molar-refractivity contribution is -0.131. The highest BCUT2D eigenvalue weighted by Crippen LogP contribution is 2.27. The second-order valence-electron chi connectivity index (χ2n) is 9.40. The number of H-pyrrole nitrogens is 1. The third-order valence-corrected chi connectivity index (χ3v) is 6.95. The maximum atomic E-state index is 13.2. The lowest BCUT2D eigenvalue weighted by Gasteiger charge is -2.32. The molecule has 7 heteroatoms. The number of hydrogen-bond acceptors (Lipinski definition) is 4. The molecule has 2 aliphatic heterocycles. The monoisotopic (exact) mass is 433 g/mol. The van der Waals surface area contributed by atoms with E-state index in [1.165, 1.54) is 0 Å². The summed E-state index contributed by atoms with van der Waals surface area (Å²) in [5.74, 6) is 0.352. The number of benzene rings is 1. The highest BCUT2D eigenvalue weighted by Gasteiger charge is 2.28. The molecular formula is C25H31N5O2. The zero-order valence-corrected chi connectivity index (χ0v) is 18.9. The molecule has 5 rings (SSSR count). The third kappa shape index (κ3) is 3.97. The van der Waals surface area contributed by atoms with Crippen molar-refractivity contribution in [3.05, 3.63) is 69.3 Å².